The zero-order chi connectivity index (χ0) is 16.3. The van der Waals surface area contributed by atoms with Crippen LogP contribution in [0.4, 0.5) is 0 Å². The fraction of sp³-hybridized carbons (Fsp3) is 0.429. The van der Waals surface area contributed by atoms with E-state index in [1.54, 1.807) is 0 Å². The average Bonchev–Trinajstić information content (AvgIpc) is 2.96. The molecule has 8 nitrogen and oxygen atoms in total. The quantitative estimate of drug-likeness (QED) is 0.697. The van der Waals surface area contributed by atoms with Crippen LogP contribution in [0.1, 0.15) is 30.1 Å². The van der Waals surface area contributed by atoms with Crippen molar-refractivity contribution in [2.75, 3.05) is 6.54 Å². The van der Waals surface area contributed by atoms with Crippen LogP contribution in [0.3, 0.4) is 0 Å². The van der Waals surface area contributed by atoms with E-state index in [0.717, 1.165) is 0 Å². The van der Waals surface area contributed by atoms with Crippen LogP contribution in [0, 0.1) is 0 Å². The second-order valence-corrected chi connectivity index (χ2v) is 5.14. The molecule has 1 aliphatic rings. The molecule has 2 heterocycles. The first-order chi connectivity index (χ1) is 10.4. The SMILES string of the molecule is C[C@H](NC(=O)c1ccc[nH]c1=O)C(=O)N1CCC[C@H]1C(=O)O. The molecule has 0 radical (unpaired) electrons. The lowest BCUT2D eigenvalue weighted by molar-refractivity contribution is -0.148. The van der Waals surface area contributed by atoms with Gasteiger partial charge in [-0.15, -0.1) is 0 Å². The minimum atomic E-state index is -1.05. The lowest BCUT2D eigenvalue weighted by Crippen LogP contribution is -2.50. The van der Waals surface area contributed by atoms with Crippen LogP contribution >= 0.6 is 0 Å². The number of carboxylic acid groups (broad SMARTS) is 1. The number of aliphatic carboxylic acids is 1. The molecule has 22 heavy (non-hydrogen) atoms. The minimum absolute atomic E-state index is 0.0987. The molecule has 0 saturated carbocycles. The number of carboxylic acids is 1. The summed E-state index contributed by atoms with van der Waals surface area (Å²) in [5, 5.41) is 11.5. The summed E-state index contributed by atoms with van der Waals surface area (Å²) in [4.78, 5) is 50.5. The Morgan fingerprint density at radius 3 is 2.82 bits per heavy atom. The highest BCUT2D eigenvalue weighted by atomic mass is 16.4. The van der Waals surface area contributed by atoms with Gasteiger partial charge in [-0.05, 0) is 31.9 Å². The molecule has 0 bridgehead atoms. The van der Waals surface area contributed by atoms with Crippen LogP contribution in [0.2, 0.25) is 0 Å². The molecule has 1 aliphatic heterocycles. The molecular weight excluding hydrogens is 290 g/mol. The third-order valence-electron chi connectivity index (χ3n) is 3.60. The Bertz CT molecular complexity index is 654. The average molecular weight is 307 g/mol. The summed E-state index contributed by atoms with van der Waals surface area (Å²) in [7, 11) is 0. The van der Waals surface area contributed by atoms with Gasteiger partial charge in [0.1, 0.15) is 17.6 Å². The third kappa shape index (κ3) is 3.16. The van der Waals surface area contributed by atoms with Crippen molar-refractivity contribution in [2.24, 2.45) is 0 Å². The summed E-state index contributed by atoms with van der Waals surface area (Å²) in [6, 6.07) is 1.09. The Hall–Kier alpha value is -2.64. The Morgan fingerprint density at radius 2 is 2.18 bits per heavy atom. The van der Waals surface area contributed by atoms with Crippen molar-refractivity contribution in [3.05, 3.63) is 34.2 Å². The first-order valence-electron chi connectivity index (χ1n) is 6.93. The molecule has 1 aromatic rings. The number of hydrogen-bond donors (Lipinski definition) is 3. The number of H-pyrrole nitrogens is 1. The number of carbonyl (C=O) groups excluding carboxylic acids is 2. The molecule has 2 rings (SSSR count). The monoisotopic (exact) mass is 307 g/mol. The molecular formula is C14H17N3O5. The molecule has 1 saturated heterocycles. The van der Waals surface area contributed by atoms with Crippen molar-refractivity contribution < 1.29 is 19.5 Å². The predicted octanol–water partition coefficient (Wildman–Crippen LogP) is -0.431. The maximum absolute atomic E-state index is 12.3. The van der Waals surface area contributed by atoms with Crippen molar-refractivity contribution in [3.63, 3.8) is 0 Å². The Labute approximate surface area is 126 Å². The van der Waals surface area contributed by atoms with Gasteiger partial charge in [0.15, 0.2) is 0 Å². The van der Waals surface area contributed by atoms with Crippen LogP contribution in [-0.2, 0) is 9.59 Å². The summed E-state index contributed by atoms with van der Waals surface area (Å²) in [6.45, 7) is 1.82. The molecule has 0 spiro atoms. The number of amides is 2. The summed E-state index contributed by atoms with van der Waals surface area (Å²) in [6.07, 6.45) is 2.41. The number of carbonyl (C=O) groups is 3. The van der Waals surface area contributed by atoms with Gasteiger partial charge in [0, 0.05) is 12.7 Å². The molecule has 0 unspecified atom stereocenters. The Kier molecular flexibility index (Phi) is 4.59. The predicted molar refractivity (Wildman–Crippen MR) is 76.4 cm³/mol. The number of nitrogens with zero attached hydrogens (tertiary/aromatic N) is 1. The second-order valence-electron chi connectivity index (χ2n) is 5.14. The highest BCUT2D eigenvalue weighted by Crippen LogP contribution is 2.18. The standard InChI is InChI=1S/C14H17N3O5/c1-8(13(20)17-7-3-5-10(17)14(21)22)16-12(19)9-4-2-6-15-11(9)18/h2,4,6,8,10H,3,5,7H2,1H3,(H,15,18)(H,16,19)(H,21,22)/t8-,10-/m0/s1. The van der Waals surface area contributed by atoms with E-state index in [0.29, 0.717) is 19.4 Å². The molecule has 1 aromatic heterocycles. The number of rotatable bonds is 4. The summed E-state index contributed by atoms with van der Waals surface area (Å²) in [5.41, 5.74) is -0.650. The fourth-order valence-corrected chi connectivity index (χ4v) is 2.47. The second kappa shape index (κ2) is 6.42. The molecule has 8 heteroatoms. The van der Waals surface area contributed by atoms with Crippen LogP contribution in [0.5, 0.6) is 0 Å². The highest BCUT2D eigenvalue weighted by Gasteiger charge is 2.36. The molecule has 118 valence electrons. The molecule has 2 atom stereocenters. The van der Waals surface area contributed by atoms with Gasteiger partial charge in [-0.25, -0.2) is 4.79 Å². The summed E-state index contributed by atoms with van der Waals surface area (Å²) < 4.78 is 0. The number of aromatic nitrogens is 1. The number of pyridine rings is 1. The maximum atomic E-state index is 12.3. The van der Waals surface area contributed by atoms with Crippen molar-refractivity contribution >= 4 is 17.8 Å². The van der Waals surface area contributed by atoms with E-state index in [1.165, 1.54) is 30.2 Å². The van der Waals surface area contributed by atoms with Gasteiger partial charge < -0.3 is 20.3 Å². The van der Waals surface area contributed by atoms with Gasteiger partial charge in [-0.3, -0.25) is 14.4 Å². The van der Waals surface area contributed by atoms with Crippen LogP contribution in [0.25, 0.3) is 0 Å². The molecule has 1 fully saturated rings. The van der Waals surface area contributed by atoms with E-state index in [4.69, 9.17) is 5.11 Å². The Morgan fingerprint density at radius 1 is 1.45 bits per heavy atom. The van der Waals surface area contributed by atoms with Crippen LogP contribution in [0.15, 0.2) is 23.1 Å². The molecule has 3 N–H and O–H groups in total. The molecule has 0 aromatic carbocycles. The van der Waals surface area contributed by atoms with Crippen molar-refractivity contribution in [3.8, 4) is 0 Å². The van der Waals surface area contributed by atoms with Gasteiger partial charge in [-0.2, -0.15) is 0 Å². The van der Waals surface area contributed by atoms with E-state index < -0.39 is 35.4 Å². The minimum Gasteiger partial charge on any atom is -0.480 e. The number of nitrogens with one attached hydrogen (secondary N) is 2. The van der Waals surface area contributed by atoms with E-state index in [2.05, 4.69) is 10.3 Å². The van der Waals surface area contributed by atoms with Crippen molar-refractivity contribution in [1.82, 2.24) is 15.2 Å². The number of hydrogen-bond acceptors (Lipinski definition) is 4. The summed E-state index contributed by atoms with van der Waals surface area (Å²) >= 11 is 0. The van der Waals surface area contributed by atoms with Gasteiger partial charge in [0.05, 0.1) is 0 Å². The van der Waals surface area contributed by atoms with E-state index in [1.807, 2.05) is 0 Å². The molecule has 2 amide bonds. The smallest absolute Gasteiger partial charge is 0.326 e. The third-order valence-corrected chi connectivity index (χ3v) is 3.60. The Balaban J connectivity index is 2.06. The largest absolute Gasteiger partial charge is 0.480 e. The first-order valence-corrected chi connectivity index (χ1v) is 6.93. The lowest BCUT2D eigenvalue weighted by atomic mass is 10.2. The van der Waals surface area contributed by atoms with Crippen molar-refractivity contribution in [1.29, 1.82) is 0 Å². The van der Waals surface area contributed by atoms with Crippen molar-refractivity contribution in [2.45, 2.75) is 31.8 Å². The normalized spacial score (nSPS) is 18.8. The zero-order valence-corrected chi connectivity index (χ0v) is 12.0. The number of aromatic amines is 1. The first kappa shape index (κ1) is 15.7. The zero-order valence-electron chi connectivity index (χ0n) is 12.0. The lowest BCUT2D eigenvalue weighted by Gasteiger charge is -2.25. The van der Waals surface area contributed by atoms with Gasteiger partial charge in [0.2, 0.25) is 5.91 Å². The highest BCUT2D eigenvalue weighted by molar-refractivity contribution is 5.97. The maximum Gasteiger partial charge on any atom is 0.326 e. The topological polar surface area (TPSA) is 120 Å². The van der Waals surface area contributed by atoms with E-state index in [-0.39, 0.29) is 5.56 Å². The molecule has 0 aliphatic carbocycles. The van der Waals surface area contributed by atoms with Crippen LogP contribution < -0.4 is 10.9 Å². The van der Waals surface area contributed by atoms with Gasteiger partial charge >= 0.3 is 5.97 Å². The van der Waals surface area contributed by atoms with Gasteiger partial charge in [0.25, 0.3) is 11.5 Å². The van der Waals surface area contributed by atoms with Gasteiger partial charge in [-0.1, -0.05) is 0 Å². The van der Waals surface area contributed by atoms with E-state index >= 15 is 0 Å². The summed E-state index contributed by atoms with van der Waals surface area (Å²) in [5.74, 6) is -2.19. The number of likely N-dealkylation sites (tertiary alicyclic amines) is 1. The fourth-order valence-electron chi connectivity index (χ4n) is 2.47. The van der Waals surface area contributed by atoms with E-state index in [9.17, 15) is 19.2 Å². The van der Waals surface area contributed by atoms with Crippen LogP contribution in [-0.4, -0.2) is 51.4 Å².